The molecule has 2 aromatic rings. The molecule has 1 heterocycles. The molecule has 0 bridgehead atoms. The number of hydrogen-bond donors (Lipinski definition) is 1. The number of rotatable bonds is 7. The summed E-state index contributed by atoms with van der Waals surface area (Å²) in [5.74, 6) is 2.45. The van der Waals surface area contributed by atoms with Crippen molar-refractivity contribution in [2.45, 2.75) is 43.8 Å². The van der Waals surface area contributed by atoms with E-state index >= 15 is 0 Å². The van der Waals surface area contributed by atoms with Crippen molar-refractivity contribution in [1.82, 2.24) is 14.8 Å². The third-order valence-electron chi connectivity index (χ3n) is 3.62. The maximum atomic E-state index is 11.9. The molecule has 1 aliphatic rings. The Labute approximate surface area is 134 Å². The lowest BCUT2D eigenvalue weighted by atomic mass is 10.3. The van der Waals surface area contributed by atoms with Gasteiger partial charge < -0.3 is 9.88 Å². The SMILES string of the molecule is CCn1c(SCCC(=O)Nc2ccccc2)nnc1C1CC1. The van der Waals surface area contributed by atoms with Crippen LogP contribution < -0.4 is 5.32 Å². The maximum absolute atomic E-state index is 11.9. The minimum Gasteiger partial charge on any atom is -0.326 e. The first-order valence-corrected chi connectivity index (χ1v) is 8.67. The summed E-state index contributed by atoms with van der Waals surface area (Å²) in [4.78, 5) is 11.9. The fourth-order valence-electron chi connectivity index (χ4n) is 2.33. The zero-order valence-electron chi connectivity index (χ0n) is 12.7. The van der Waals surface area contributed by atoms with Crippen molar-refractivity contribution < 1.29 is 4.79 Å². The molecule has 1 amide bonds. The fraction of sp³-hybridized carbons (Fsp3) is 0.438. The van der Waals surface area contributed by atoms with Crippen LogP contribution in [0.4, 0.5) is 5.69 Å². The van der Waals surface area contributed by atoms with E-state index in [1.54, 1.807) is 11.8 Å². The summed E-state index contributed by atoms with van der Waals surface area (Å²) in [5.41, 5.74) is 0.838. The number of anilines is 1. The molecule has 0 unspecified atom stereocenters. The lowest BCUT2D eigenvalue weighted by Gasteiger charge is -2.07. The smallest absolute Gasteiger partial charge is 0.225 e. The summed E-state index contributed by atoms with van der Waals surface area (Å²) in [7, 11) is 0. The average molecular weight is 316 g/mol. The second-order valence-electron chi connectivity index (χ2n) is 5.37. The lowest BCUT2D eigenvalue weighted by molar-refractivity contribution is -0.115. The number of carbonyl (C=O) groups is 1. The monoisotopic (exact) mass is 316 g/mol. The van der Waals surface area contributed by atoms with E-state index in [0.29, 0.717) is 18.1 Å². The zero-order chi connectivity index (χ0) is 15.4. The second-order valence-corrected chi connectivity index (χ2v) is 6.43. The van der Waals surface area contributed by atoms with E-state index in [1.807, 2.05) is 30.3 Å². The van der Waals surface area contributed by atoms with Gasteiger partial charge in [0.05, 0.1) is 0 Å². The van der Waals surface area contributed by atoms with Crippen molar-refractivity contribution in [3.8, 4) is 0 Å². The van der Waals surface area contributed by atoms with Crippen LogP contribution in [0.25, 0.3) is 0 Å². The van der Waals surface area contributed by atoms with Crippen LogP contribution in [-0.2, 0) is 11.3 Å². The Kier molecular flexibility index (Phi) is 4.77. The molecule has 1 N–H and O–H groups in total. The standard InChI is InChI=1S/C16H20N4OS/c1-2-20-15(12-8-9-12)18-19-16(20)22-11-10-14(21)17-13-6-4-3-5-7-13/h3-7,12H,2,8-11H2,1H3,(H,17,21). The highest BCUT2D eigenvalue weighted by Crippen LogP contribution is 2.39. The van der Waals surface area contributed by atoms with Crippen LogP contribution in [0.15, 0.2) is 35.5 Å². The summed E-state index contributed by atoms with van der Waals surface area (Å²) >= 11 is 1.61. The Bertz CT molecular complexity index is 637. The van der Waals surface area contributed by atoms with Gasteiger partial charge in [-0.25, -0.2) is 0 Å². The van der Waals surface area contributed by atoms with Crippen LogP contribution in [0.3, 0.4) is 0 Å². The number of aromatic nitrogens is 3. The summed E-state index contributed by atoms with van der Waals surface area (Å²) in [6.45, 7) is 3.00. The van der Waals surface area contributed by atoms with Gasteiger partial charge in [0.1, 0.15) is 5.82 Å². The number of nitrogens with zero attached hydrogens (tertiary/aromatic N) is 3. The van der Waals surface area contributed by atoms with Crippen LogP contribution in [0, 0.1) is 0 Å². The first-order valence-electron chi connectivity index (χ1n) is 7.68. The molecular formula is C16H20N4OS. The van der Waals surface area contributed by atoms with Crippen molar-refractivity contribution in [2.24, 2.45) is 0 Å². The largest absolute Gasteiger partial charge is 0.326 e. The van der Waals surface area contributed by atoms with Gasteiger partial charge >= 0.3 is 0 Å². The summed E-state index contributed by atoms with van der Waals surface area (Å²) in [6.07, 6.45) is 2.92. The van der Waals surface area contributed by atoms with E-state index in [4.69, 9.17) is 0 Å². The van der Waals surface area contributed by atoms with Crippen LogP contribution in [-0.4, -0.2) is 26.4 Å². The lowest BCUT2D eigenvalue weighted by Crippen LogP contribution is -2.12. The average Bonchev–Trinajstić information content (AvgIpc) is 3.29. The Morgan fingerprint density at radius 2 is 2.09 bits per heavy atom. The van der Waals surface area contributed by atoms with Gasteiger partial charge in [0, 0.05) is 30.3 Å². The van der Waals surface area contributed by atoms with E-state index in [9.17, 15) is 4.79 Å². The van der Waals surface area contributed by atoms with Gasteiger partial charge in [0.15, 0.2) is 5.16 Å². The van der Waals surface area contributed by atoms with Gasteiger partial charge in [-0.3, -0.25) is 4.79 Å². The van der Waals surface area contributed by atoms with E-state index in [2.05, 4.69) is 27.0 Å². The van der Waals surface area contributed by atoms with Gasteiger partial charge in [-0.15, -0.1) is 10.2 Å². The van der Waals surface area contributed by atoms with Gasteiger partial charge in [0.2, 0.25) is 5.91 Å². The molecule has 0 atom stereocenters. The van der Waals surface area contributed by atoms with Crippen molar-refractivity contribution in [1.29, 1.82) is 0 Å². The molecule has 6 heteroatoms. The highest BCUT2D eigenvalue weighted by atomic mass is 32.2. The molecule has 0 spiro atoms. The van der Waals surface area contributed by atoms with Crippen molar-refractivity contribution in [3.63, 3.8) is 0 Å². The Morgan fingerprint density at radius 3 is 2.77 bits per heavy atom. The summed E-state index contributed by atoms with van der Waals surface area (Å²) < 4.78 is 2.18. The molecule has 0 saturated heterocycles. The quantitative estimate of drug-likeness (QED) is 0.796. The predicted octanol–water partition coefficient (Wildman–Crippen LogP) is 3.30. The molecule has 0 aliphatic heterocycles. The molecule has 1 saturated carbocycles. The third kappa shape index (κ3) is 3.68. The molecule has 5 nitrogen and oxygen atoms in total. The minimum atomic E-state index is 0.0312. The zero-order valence-corrected chi connectivity index (χ0v) is 13.5. The number of benzene rings is 1. The number of para-hydroxylation sites is 1. The molecule has 22 heavy (non-hydrogen) atoms. The highest BCUT2D eigenvalue weighted by Gasteiger charge is 2.29. The van der Waals surface area contributed by atoms with E-state index in [-0.39, 0.29) is 5.91 Å². The van der Waals surface area contributed by atoms with Crippen LogP contribution in [0.2, 0.25) is 0 Å². The number of thioether (sulfide) groups is 1. The van der Waals surface area contributed by atoms with Crippen molar-refractivity contribution >= 4 is 23.4 Å². The molecular weight excluding hydrogens is 296 g/mol. The molecule has 1 aromatic heterocycles. The Morgan fingerprint density at radius 1 is 1.32 bits per heavy atom. The second kappa shape index (κ2) is 6.96. The van der Waals surface area contributed by atoms with E-state index < -0.39 is 0 Å². The maximum Gasteiger partial charge on any atom is 0.225 e. The highest BCUT2D eigenvalue weighted by molar-refractivity contribution is 7.99. The summed E-state index contributed by atoms with van der Waals surface area (Å²) in [5, 5.41) is 12.4. The first-order chi connectivity index (χ1) is 10.8. The number of carbonyl (C=O) groups excluding carboxylic acids is 1. The Balaban J connectivity index is 1.49. The number of amides is 1. The van der Waals surface area contributed by atoms with E-state index in [0.717, 1.165) is 23.2 Å². The van der Waals surface area contributed by atoms with Crippen molar-refractivity contribution in [3.05, 3.63) is 36.2 Å². The first kappa shape index (κ1) is 15.1. The van der Waals surface area contributed by atoms with Gasteiger partial charge in [-0.05, 0) is 31.9 Å². The van der Waals surface area contributed by atoms with Crippen LogP contribution in [0.1, 0.15) is 37.9 Å². The molecule has 3 rings (SSSR count). The van der Waals surface area contributed by atoms with Gasteiger partial charge in [-0.2, -0.15) is 0 Å². The van der Waals surface area contributed by atoms with Crippen molar-refractivity contribution in [2.75, 3.05) is 11.1 Å². The number of hydrogen-bond acceptors (Lipinski definition) is 4. The van der Waals surface area contributed by atoms with Crippen LogP contribution >= 0.6 is 11.8 Å². The van der Waals surface area contributed by atoms with Gasteiger partial charge in [-0.1, -0.05) is 30.0 Å². The van der Waals surface area contributed by atoms with Gasteiger partial charge in [0.25, 0.3) is 0 Å². The molecule has 1 aromatic carbocycles. The molecule has 1 fully saturated rings. The molecule has 116 valence electrons. The summed E-state index contributed by atoms with van der Waals surface area (Å²) in [6, 6.07) is 9.53. The normalized spacial score (nSPS) is 14.0. The fourth-order valence-corrected chi connectivity index (χ4v) is 3.27. The van der Waals surface area contributed by atoms with Crippen LogP contribution in [0.5, 0.6) is 0 Å². The molecule has 0 radical (unpaired) electrons. The third-order valence-corrected chi connectivity index (χ3v) is 4.59. The predicted molar refractivity (Wildman–Crippen MR) is 88.1 cm³/mol. The molecule has 1 aliphatic carbocycles. The minimum absolute atomic E-state index is 0.0312. The van der Waals surface area contributed by atoms with E-state index in [1.165, 1.54) is 12.8 Å². The number of nitrogens with one attached hydrogen (secondary N) is 1. The topological polar surface area (TPSA) is 59.8 Å². The Hall–Kier alpha value is -1.82.